The number of aliphatic hydroxyl groups is 1. The number of hydrogen-bond acceptors (Lipinski definition) is 3. The molecule has 0 spiro atoms. The van der Waals surface area contributed by atoms with Crippen LogP contribution >= 0.6 is 0 Å². The molecule has 15 heavy (non-hydrogen) atoms. The maximum atomic E-state index is 12.6. The summed E-state index contributed by atoms with van der Waals surface area (Å²) < 4.78 is 18.0. The van der Waals surface area contributed by atoms with E-state index in [4.69, 9.17) is 15.6 Å². The maximum Gasteiger partial charge on any atom is 0.137 e. The van der Waals surface area contributed by atoms with Gasteiger partial charge in [-0.2, -0.15) is 0 Å². The molecule has 3 N–H and O–H groups in total. The molecule has 2 atom stereocenters. The predicted octanol–water partition coefficient (Wildman–Crippen LogP) is 1.30. The van der Waals surface area contributed by atoms with Crippen LogP contribution in [0.1, 0.15) is 13.3 Å². The van der Waals surface area contributed by atoms with Crippen molar-refractivity contribution in [1.82, 2.24) is 0 Å². The Morgan fingerprint density at radius 1 is 1.40 bits per heavy atom. The standard InChI is InChI=1S/C11H16FNO2/c1-2-10(13)11(7-14)15-9-5-3-8(12)4-6-9/h3-6,10-11,14H,2,7,13H2,1H3. The van der Waals surface area contributed by atoms with E-state index in [9.17, 15) is 4.39 Å². The highest BCUT2D eigenvalue weighted by molar-refractivity contribution is 5.22. The summed E-state index contributed by atoms with van der Waals surface area (Å²) in [5.74, 6) is 0.196. The third kappa shape index (κ3) is 3.49. The van der Waals surface area contributed by atoms with E-state index < -0.39 is 6.10 Å². The summed E-state index contributed by atoms with van der Waals surface area (Å²) in [5.41, 5.74) is 5.75. The molecule has 2 unspecified atom stereocenters. The second kappa shape index (κ2) is 5.68. The molecule has 4 heteroatoms. The van der Waals surface area contributed by atoms with E-state index >= 15 is 0 Å². The van der Waals surface area contributed by atoms with Gasteiger partial charge in [0.1, 0.15) is 17.7 Å². The van der Waals surface area contributed by atoms with Crippen LogP contribution in [0.2, 0.25) is 0 Å². The Kier molecular flexibility index (Phi) is 4.52. The largest absolute Gasteiger partial charge is 0.486 e. The van der Waals surface area contributed by atoms with Crippen molar-refractivity contribution in [1.29, 1.82) is 0 Å². The van der Waals surface area contributed by atoms with Gasteiger partial charge in [0.15, 0.2) is 0 Å². The quantitative estimate of drug-likeness (QED) is 0.775. The van der Waals surface area contributed by atoms with Crippen molar-refractivity contribution in [2.45, 2.75) is 25.5 Å². The number of nitrogens with two attached hydrogens (primary N) is 1. The van der Waals surface area contributed by atoms with Crippen molar-refractivity contribution in [2.75, 3.05) is 6.61 Å². The van der Waals surface area contributed by atoms with Gasteiger partial charge in [-0.25, -0.2) is 4.39 Å². The van der Waals surface area contributed by atoms with E-state index in [0.717, 1.165) is 0 Å². The van der Waals surface area contributed by atoms with Crippen LogP contribution in [-0.4, -0.2) is 23.9 Å². The molecule has 1 aromatic carbocycles. The smallest absolute Gasteiger partial charge is 0.137 e. The molecule has 0 saturated heterocycles. The Balaban J connectivity index is 2.62. The fourth-order valence-corrected chi connectivity index (χ4v) is 1.21. The first-order chi connectivity index (χ1) is 7.17. The van der Waals surface area contributed by atoms with Gasteiger partial charge in [-0.1, -0.05) is 6.92 Å². The van der Waals surface area contributed by atoms with Crippen LogP contribution in [0.15, 0.2) is 24.3 Å². The number of halogens is 1. The lowest BCUT2D eigenvalue weighted by atomic mass is 10.1. The molecule has 1 rings (SSSR count). The number of hydrogen-bond donors (Lipinski definition) is 2. The second-order valence-corrected chi connectivity index (χ2v) is 3.36. The van der Waals surface area contributed by atoms with Crippen LogP contribution in [0.5, 0.6) is 5.75 Å². The Morgan fingerprint density at radius 3 is 2.47 bits per heavy atom. The zero-order valence-corrected chi connectivity index (χ0v) is 8.69. The highest BCUT2D eigenvalue weighted by Crippen LogP contribution is 2.14. The average Bonchev–Trinajstić information content (AvgIpc) is 2.27. The Hall–Kier alpha value is -1.13. The van der Waals surface area contributed by atoms with Crippen molar-refractivity contribution in [2.24, 2.45) is 5.73 Å². The highest BCUT2D eigenvalue weighted by Gasteiger charge is 2.16. The summed E-state index contributed by atoms with van der Waals surface area (Å²) in [6.45, 7) is 1.77. The molecular formula is C11H16FNO2. The van der Waals surface area contributed by atoms with Gasteiger partial charge in [-0.05, 0) is 30.7 Å². The SMILES string of the molecule is CCC(N)C(CO)Oc1ccc(F)cc1. The molecule has 0 radical (unpaired) electrons. The first kappa shape index (κ1) is 11.9. The number of benzene rings is 1. The number of rotatable bonds is 5. The molecule has 0 aliphatic rings. The lowest BCUT2D eigenvalue weighted by molar-refractivity contribution is 0.0932. The Morgan fingerprint density at radius 2 is 2.00 bits per heavy atom. The summed E-state index contributed by atoms with van der Waals surface area (Å²) in [7, 11) is 0. The van der Waals surface area contributed by atoms with E-state index in [1.54, 1.807) is 0 Å². The first-order valence-electron chi connectivity index (χ1n) is 4.96. The lowest BCUT2D eigenvalue weighted by Gasteiger charge is -2.22. The molecule has 3 nitrogen and oxygen atoms in total. The van der Waals surface area contributed by atoms with Gasteiger partial charge in [0.05, 0.1) is 6.61 Å². The van der Waals surface area contributed by atoms with E-state index in [-0.39, 0.29) is 18.5 Å². The minimum Gasteiger partial charge on any atom is -0.486 e. The van der Waals surface area contributed by atoms with Gasteiger partial charge < -0.3 is 15.6 Å². The van der Waals surface area contributed by atoms with Crippen molar-refractivity contribution in [3.8, 4) is 5.75 Å². The van der Waals surface area contributed by atoms with Gasteiger partial charge >= 0.3 is 0 Å². The van der Waals surface area contributed by atoms with Crippen molar-refractivity contribution < 1.29 is 14.2 Å². The predicted molar refractivity (Wildman–Crippen MR) is 56.2 cm³/mol. The van der Waals surface area contributed by atoms with Crippen molar-refractivity contribution >= 4 is 0 Å². The summed E-state index contributed by atoms with van der Waals surface area (Å²) in [4.78, 5) is 0. The van der Waals surface area contributed by atoms with Crippen LogP contribution in [0.3, 0.4) is 0 Å². The zero-order valence-electron chi connectivity index (χ0n) is 8.69. The molecule has 0 amide bonds. The monoisotopic (exact) mass is 213 g/mol. The van der Waals surface area contributed by atoms with E-state index in [0.29, 0.717) is 12.2 Å². The molecule has 1 aromatic rings. The fourth-order valence-electron chi connectivity index (χ4n) is 1.21. The topological polar surface area (TPSA) is 55.5 Å². The van der Waals surface area contributed by atoms with Crippen LogP contribution < -0.4 is 10.5 Å². The van der Waals surface area contributed by atoms with Crippen molar-refractivity contribution in [3.63, 3.8) is 0 Å². The van der Waals surface area contributed by atoms with Gasteiger partial charge in [-0.15, -0.1) is 0 Å². The molecule has 0 saturated carbocycles. The molecule has 0 aromatic heterocycles. The van der Waals surface area contributed by atoms with Gasteiger partial charge in [-0.3, -0.25) is 0 Å². The van der Waals surface area contributed by atoms with E-state index in [2.05, 4.69) is 0 Å². The minimum atomic E-state index is -0.444. The zero-order chi connectivity index (χ0) is 11.3. The summed E-state index contributed by atoms with van der Waals surface area (Å²) in [6.07, 6.45) is 0.271. The third-order valence-corrected chi connectivity index (χ3v) is 2.23. The van der Waals surface area contributed by atoms with E-state index in [1.807, 2.05) is 6.92 Å². The van der Waals surface area contributed by atoms with Crippen LogP contribution in [0, 0.1) is 5.82 Å². The molecule has 0 aliphatic heterocycles. The minimum absolute atomic E-state index is 0.146. The maximum absolute atomic E-state index is 12.6. The van der Waals surface area contributed by atoms with E-state index in [1.165, 1.54) is 24.3 Å². The van der Waals surface area contributed by atoms with Gasteiger partial charge in [0, 0.05) is 6.04 Å². The average molecular weight is 213 g/mol. The molecule has 0 heterocycles. The molecule has 0 fully saturated rings. The first-order valence-corrected chi connectivity index (χ1v) is 4.96. The normalized spacial score (nSPS) is 14.7. The fraction of sp³-hybridized carbons (Fsp3) is 0.455. The third-order valence-electron chi connectivity index (χ3n) is 2.23. The van der Waals surface area contributed by atoms with Crippen LogP contribution in [0.4, 0.5) is 4.39 Å². The summed E-state index contributed by atoms with van der Waals surface area (Å²) in [5, 5.41) is 9.06. The van der Waals surface area contributed by atoms with Crippen LogP contribution in [-0.2, 0) is 0 Å². The van der Waals surface area contributed by atoms with Gasteiger partial charge in [0.25, 0.3) is 0 Å². The molecule has 0 aliphatic carbocycles. The summed E-state index contributed by atoms with van der Waals surface area (Å²) >= 11 is 0. The number of aliphatic hydroxyl groups excluding tert-OH is 1. The molecule has 84 valence electrons. The second-order valence-electron chi connectivity index (χ2n) is 3.36. The Bertz CT molecular complexity index is 289. The van der Waals surface area contributed by atoms with Crippen LogP contribution in [0.25, 0.3) is 0 Å². The molecule has 0 bridgehead atoms. The van der Waals surface area contributed by atoms with Gasteiger partial charge in [0.2, 0.25) is 0 Å². The lowest BCUT2D eigenvalue weighted by Crippen LogP contribution is -2.41. The number of ether oxygens (including phenoxy) is 1. The highest BCUT2D eigenvalue weighted by atomic mass is 19.1. The molecular weight excluding hydrogens is 197 g/mol. The Labute approximate surface area is 88.7 Å². The van der Waals surface area contributed by atoms with Crippen molar-refractivity contribution in [3.05, 3.63) is 30.1 Å². The summed E-state index contributed by atoms with van der Waals surface area (Å²) in [6, 6.07) is 5.42.